The molecule has 7 heteroatoms. The van der Waals surface area contributed by atoms with Crippen molar-refractivity contribution in [3.63, 3.8) is 0 Å². The second kappa shape index (κ2) is 9.70. The highest BCUT2D eigenvalue weighted by molar-refractivity contribution is 5.95. The third-order valence-electron chi connectivity index (χ3n) is 3.99. The minimum Gasteiger partial charge on any atom is -0.383 e. The van der Waals surface area contributed by atoms with Gasteiger partial charge >= 0.3 is 6.03 Å². The number of hydrogen-bond acceptors (Lipinski definition) is 5. The molecule has 0 aromatic carbocycles. The maximum atomic E-state index is 11.9. The highest BCUT2D eigenvalue weighted by atomic mass is 16.5. The zero-order chi connectivity index (χ0) is 15.7. The molecule has 1 aliphatic rings. The maximum absolute atomic E-state index is 11.9. The Bertz CT molecular complexity index is 338. The molecule has 21 heavy (non-hydrogen) atoms. The minimum atomic E-state index is -0.477. The number of likely N-dealkylation sites (N-methyl/N-ethyl adjacent to an activating group) is 1. The van der Waals surface area contributed by atoms with Gasteiger partial charge in [-0.2, -0.15) is 0 Å². The van der Waals surface area contributed by atoms with E-state index < -0.39 is 6.03 Å². The Labute approximate surface area is 126 Å². The first-order valence-corrected chi connectivity index (χ1v) is 7.63. The largest absolute Gasteiger partial charge is 0.383 e. The molecule has 7 nitrogen and oxygen atoms in total. The van der Waals surface area contributed by atoms with E-state index in [0.717, 1.165) is 25.8 Å². The molecule has 0 saturated heterocycles. The van der Waals surface area contributed by atoms with E-state index in [1.165, 1.54) is 0 Å². The van der Waals surface area contributed by atoms with Crippen molar-refractivity contribution in [2.75, 3.05) is 39.9 Å². The smallest absolute Gasteiger partial charge is 0.321 e. The van der Waals surface area contributed by atoms with Gasteiger partial charge in [-0.1, -0.05) is 13.3 Å². The molecule has 3 amide bonds. The number of nitrogens with zero attached hydrogens (tertiary/aromatic N) is 1. The van der Waals surface area contributed by atoms with Crippen LogP contribution >= 0.6 is 0 Å². The lowest BCUT2D eigenvalue weighted by molar-refractivity contribution is -0.121. The number of carbonyl (C=O) groups excluding carboxylic acids is 2. The van der Waals surface area contributed by atoms with Crippen molar-refractivity contribution in [1.82, 2.24) is 15.5 Å². The van der Waals surface area contributed by atoms with E-state index in [-0.39, 0.29) is 12.5 Å². The minimum absolute atomic E-state index is 0.232. The van der Waals surface area contributed by atoms with Gasteiger partial charge in [-0.3, -0.25) is 15.0 Å². The Hall–Kier alpha value is -1.18. The number of nitrogens with two attached hydrogens (primary N) is 1. The molecule has 2 atom stereocenters. The molecule has 1 aliphatic carbocycles. The zero-order valence-electron chi connectivity index (χ0n) is 13.1. The van der Waals surface area contributed by atoms with E-state index in [1.54, 1.807) is 7.11 Å². The molecule has 0 spiro atoms. The molecule has 0 aromatic rings. The van der Waals surface area contributed by atoms with E-state index in [2.05, 4.69) is 15.5 Å². The third-order valence-corrected chi connectivity index (χ3v) is 3.99. The second-order valence-electron chi connectivity index (χ2n) is 5.35. The molecule has 122 valence electrons. The van der Waals surface area contributed by atoms with E-state index in [0.29, 0.717) is 31.7 Å². The fourth-order valence-corrected chi connectivity index (χ4v) is 2.90. The molecule has 0 aliphatic heterocycles. The molecule has 4 N–H and O–H groups in total. The fraction of sp³-hybridized carbons (Fsp3) is 0.857. The number of urea groups is 1. The van der Waals surface area contributed by atoms with Crippen molar-refractivity contribution in [1.29, 1.82) is 0 Å². The Balaban J connectivity index is 2.38. The van der Waals surface area contributed by atoms with Gasteiger partial charge in [0.25, 0.3) is 0 Å². The van der Waals surface area contributed by atoms with Crippen LogP contribution in [0.15, 0.2) is 0 Å². The maximum Gasteiger partial charge on any atom is 0.321 e. The number of methoxy groups -OCH3 is 1. The molecule has 0 radical (unpaired) electrons. The number of imide groups is 1. The Morgan fingerprint density at radius 3 is 2.76 bits per heavy atom. The Kier molecular flexibility index (Phi) is 8.26. The summed E-state index contributed by atoms with van der Waals surface area (Å²) in [4.78, 5) is 25.5. The van der Waals surface area contributed by atoms with Crippen LogP contribution in [0, 0.1) is 5.92 Å². The van der Waals surface area contributed by atoms with Gasteiger partial charge in [-0.15, -0.1) is 0 Å². The highest BCUT2D eigenvalue weighted by Gasteiger charge is 2.31. The van der Waals surface area contributed by atoms with E-state index in [4.69, 9.17) is 10.5 Å². The monoisotopic (exact) mass is 300 g/mol. The number of amides is 3. The first-order chi connectivity index (χ1) is 10.1. The highest BCUT2D eigenvalue weighted by Crippen LogP contribution is 2.28. The average Bonchev–Trinajstić information content (AvgIpc) is 2.93. The Morgan fingerprint density at radius 2 is 2.14 bits per heavy atom. The van der Waals surface area contributed by atoms with Crippen molar-refractivity contribution >= 4 is 11.9 Å². The van der Waals surface area contributed by atoms with Crippen molar-refractivity contribution in [2.45, 2.75) is 32.2 Å². The normalized spacial score (nSPS) is 21.5. The number of carbonyl (C=O) groups is 2. The van der Waals surface area contributed by atoms with Gasteiger partial charge in [-0.25, -0.2) is 4.79 Å². The summed E-state index contributed by atoms with van der Waals surface area (Å²) in [6.07, 6.45) is 3.35. The molecule has 1 saturated carbocycles. The lowest BCUT2D eigenvalue weighted by Gasteiger charge is -2.31. The van der Waals surface area contributed by atoms with Crippen LogP contribution < -0.4 is 16.4 Å². The summed E-state index contributed by atoms with van der Waals surface area (Å²) < 4.78 is 4.82. The van der Waals surface area contributed by atoms with Crippen LogP contribution in [0.5, 0.6) is 0 Å². The lowest BCUT2D eigenvalue weighted by atomic mass is 10.0. The van der Waals surface area contributed by atoms with Crippen LogP contribution in [0.2, 0.25) is 0 Å². The van der Waals surface area contributed by atoms with Gasteiger partial charge < -0.3 is 15.8 Å². The van der Waals surface area contributed by atoms with Crippen molar-refractivity contribution < 1.29 is 14.3 Å². The van der Waals surface area contributed by atoms with Gasteiger partial charge in [-0.05, 0) is 31.8 Å². The predicted molar refractivity (Wildman–Crippen MR) is 80.8 cm³/mol. The van der Waals surface area contributed by atoms with Crippen LogP contribution in [0.25, 0.3) is 0 Å². The summed E-state index contributed by atoms with van der Waals surface area (Å²) in [5.74, 6) is 0.169. The summed E-state index contributed by atoms with van der Waals surface area (Å²) in [5, 5.41) is 4.90. The Morgan fingerprint density at radius 1 is 1.38 bits per heavy atom. The molecule has 0 bridgehead atoms. The van der Waals surface area contributed by atoms with Crippen molar-refractivity contribution in [2.24, 2.45) is 11.7 Å². The van der Waals surface area contributed by atoms with E-state index in [9.17, 15) is 9.59 Å². The molecule has 0 aromatic heterocycles. The molecule has 0 heterocycles. The van der Waals surface area contributed by atoms with Crippen LogP contribution in [0.3, 0.4) is 0 Å². The molecular formula is C14H28N4O3. The summed E-state index contributed by atoms with van der Waals surface area (Å²) in [6, 6.07) is -0.128. The molecule has 1 rings (SSSR count). The fourth-order valence-electron chi connectivity index (χ4n) is 2.90. The van der Waals surface area contributed by atoms with Crippen LogP contribution in [0.4, 0.5) is 4.79 Å². The SMILES string of the molecule is CCN(CC(=O)NC(=O)NCCOC)C1CCCC1CN. The number of rotatable bonds is 8. The average molecular weight is 300 g/mol. The summed E-state index contributed by atoms with van der Waals surface area (Å²) in [5.41, 5.74) is 5.79. The quantitative estimate of drug-likeness (QED) is 0.544. The van der Waals surface area contributed by atoms with Gasteiger partial charge in [0, 0.05) is 19.7 Å². The lowest BCUT2D eigenvalue weighted by Crippen LogP contribution is -2.49. The number of hydrogen-bond donors (Lipinski definition) is 3. The third kappa shape index (κ3) is 5.99. The standard InChI is InChI=1S/C14H28N4O3/c1-3-18(12-6-4-5-11(12)9-15)10-13(19)17-14(20)16-7-8-21-2/h11-12H,3-10,15H2,1-2H3,(H2,16,17,19,20). The van der Waals surface area contributed by atoms with Crippen molar-refractivity contribution in [3.8, 4) is 0 Å². The van der Waals surface area contributed by atoms with E-state index >= 15 is 0 Å². The van der Waals surface area contributed by atoms with Crippen LogP contribution in [0.1, 0.15) is 26.2 Å². The predicted octanol–water partition coefficient (Wildman–Crippen LogP) is -0.0921. The molecule has 2 unspecified atom stereocenters. The van der Waals surface area contributed by atoms with Gasteiger partial charge in [0.05, 0.1) is 13.2 Å². The first-order valence-electron chi connectivity index (χ1n) is 7.63. The van der Waals surface area contributed by atoms with Crippen LogP contribution in [-0.2, 0) is 9.53 Å². The summed E-state index contributed by atoms with van der Waals surface area (Å²) in [7, 11) is 1.55. The van der Waals surface area contributed by atoms with Gasteiger partial charge in [0.2, 0.25) is 5.91 Å². The van der Waals surface area contributed by atoms with E-state index in [1.807, 2.05) is 6.92 Å². The van der Waals surface area contributed by atoms with Gasteiger partial charge in [0.15, 0.2) is 0 Å². The summed E-state index contributed by atoms with van der Waals surface area (Å²) in [6.45, 7) is 4.49. The topological polar surface area (TPSA) is 96.7 Å². The first kappa shape index (κ1) is 17.9. The molecular weight excluding hydrogens is 272 g/mol. The van der Waals surface area contributed by atoms with Gasteiger partial charge in [0.1, 0.15) is 0 Å². The second-order valence-corrected chi connectivity index (χ2v) is 5.35. The summed E-state index contributed by atoms with van der Waals surface area (Å²) >= 11 is 0. The zero-order valence-corrected chi connectivity index (χ0v) is 13.1. The van der Waals surface area contributed by atoms with Crippen molar-refractivity contribution in [3.05, 3.63) is 0 Å². The number of ether oxygens (including phenoxy) is 1. The number of nitrogens with one attached hydrogen (secondary N) is 2. The van der Waals surface area contributed by atoms with Crippen LogP contribution in [-0.4, -0.2) is 62.8 Å². The molecule has 1 fully saturated rings.